The minimum absolute atomic E-state index is 0.0728. The third-order valence-electron chi connectivity index (χ3n) is 3.98. The molecule has 4 aromatic rings. The smallest absolute Gasteiger partial charge is 0.273 e. The number of hydrogen-bond donors (Lipinski definition) is 1. The molecule has 0 aliphatic carbocycles. The molecule has 0 fully saturated rings. The van der Waals surface area contributed by atoms with E-state index in [0.29, 0.717) is 17.4 Å². The SMILES string of the molecule is COc1cccc(-c2nnc(CNC(=O)c3cc(-c4ccccc4)on3)o2)c1. The van der Waals surface area contributed by atoms with Gasteiger partial charge in [-0.15, -0.1) is 10.2 Å². The number of hydrogen-bond acceptors (Lipinski definition) is 7. The van der Waals surface area contributed by atoms with E-state index in [9.17, 15) is 4.79 Å². The monoisotopic (exact) mass is 376 g/mol. The summed E-state index contributed by atoms with van der Waals surface area (Å²) in [6.07, 6.45) is 0. The molecule has 0 aliphatic heterocycles. The topological polar surface area (TPSA) is 103 Å². The molecule has 28 heavy (non-hydrogen) atoms. The summed E-state index contributed by atoms with van der Waals surface area (Å²) in [7, 11) is 1.58. The fourth-order valence-electron chi connectivity index (χ4n) is 2.56. The fourth-order valence-corrected chi connectivity index (χ4v) is 2.56. The first-order chi connectivity index (χ1) is 13.7. The number of nitrogens with zero attached hydrogens (tertiary/aromatic N) is 3. The van der Waals surface area contributed by atoms with Crippen molar-refractivity contribution in [1.29, 1.82) is 0 Å². The molecule has 2 aromatic carbocycles. The summed E-state index contributed by atoms with van der Waals surface area (Å²) in [4.78, 5) is 12.3. The highest BCUT2D eigenvalue weighted by atomic mass is 16.5. The lowest BCUT2D eigenvalue weighted by atomic mass is 10.1. The zero-order valence-corrected chi connectivity index (χ0v) is 15.0. The molecule has 0 bridgehead atoms. The van der Waals surface area contributed by atoms with Crippen LogP contribution < -0.4 is 10.1 Å². The van der Waals surface area contributed by atoms with Gasteiger partial charge >= 0.3 is 0 Å². The van der Waals surface area contributed by atoms with Gasteiger partial charge in [0, 0.05) is 17.2 Å². The molecule has 0 atom stereocenters. The Bertz CT molecular complexity index is 1090. The maximum Gasteiger partial charge on any atom is 0.273 e. The van der Waals surface area contributed by atoms with Gasteiger partial charge in [-0.2, -0.15) is 0 Å². The lowest BCUT2D eigenvalue weighted by molar-refractivity contribution is 0.0938. The van der Waals surface area contributed by atoms with Crippen LogP contribution in [0.4, 0.5) is 0 Å². The minimum atomic E-state index is -0.396. The number of rotatable bonds is 6. The summed E-state index contributed by atoms with van der Waals surface area (Å²) in [5.74, 6) is 1.43. The highest BCUT2D eigenvalue weighted by Gasteiger charge is 2.15. The summed E-state index contributed by atoms with van der Waals surface area (Å²) in [5, 5.41) is 14.4. The van der Waals surface area contributed by atoms with Crippen LogP contribution in [0.1, 0.15) is 16.4 Å². The molecule has 140 valence electrons. The van der Waals surface area contributed by atoms with Gasteiger partial charge in [-0.25, -0.2) is 0 Å². The molecule has 0 unspecified atom stereocenters. The largest absolute Gasteiger partial charge is 0.497 e. The van der Waals surface area contributed by atoms with Crippen LogP contribution in [-0.4, -0.2) is 28.4 Å². The van der Waals surface area contributed by atoms with E-state index in [0.717, 1.165) is 11.1 Å². The molecule has 0 aliphatic rings. The van der Waals surface area contributed by atoms with Gasteiger partial charge in [0.25, 0.3) is 5.91 Å². The molecule has 0 saturated carbocycles. The standard InChI is InChI=1S/C20H16N4O4/c1-26-15-9-5-8-14(10-15)20-23-22-18(27-20)12-21-19(25)16-11-17(28-24-16)13-6-3-2-4-7-13/h2-11H,12H2,1H3,(H,21,25). The number of carbonyl (C=O) groups is 1. The normalized spacial score (nSPS) is 10.6. The van der Waals surface area contributed by atoms with Crippen molar-refractivity contribution in [1.82, 2.24) is 20.7 Å². The van der Waals surface area contributed by atoms with Crippen molar-refractivity contribution < 1.29 is 18.5 Å². The number of aromatic nitrogens is 3. The summed E-state index contributed by atoms with van der Waals surface area (Å²) in [5.41, 5.74) is 1.74. The Labute approximate surface area is 160 Å². The Morgan fingerprint density at radius 1 is 1.04 bits per heavy atom. The molecular formula is C20H16N4O4. The van der Waals surface area contributed by atoms with E-state index in [-0.39, 0.29) is 18.1 Å². The Morgan fingerprint density at radius 3 is 2.68 bits per heavy atom. The fraction of sp³-hybridized carbons (Fsp3) is 0.100. The van der Waals surface area contributed by atoms with Gasteiger partial charge in [0.1, 0.15) is 5.75 Å². The highest BCUT2D eigenvalue weighted by Crippen LogP contribution is 2.23. The third-order valence-corrected chi connectivity index (χ3v) is 3.98. The van der Waals surface area contributed by atoms with Crippen LogP contribution in [0.2, 0.25) is 0 Å². The van der Waals surface area contributed by atoms with Gasteiger partial charge in [0.15, 0.2) is 11.5 Å². The first-order valence-electron chi connectivity index (χ1n) is 8.50. The van der Waals surface area contributed by atoms with Crippen molar-refractivity contribution in [3.63, 3.8) is 0 Å². The lowest BCUT2D eigenvalue weighted by Gasteiger charge is -2.00. The van der Waals surface area contributed by atoms with Gasteiger partial charge in [-0.3, -0.25) is 4.79 Å². The third kappa shape index (κ3) is 3.75. The first-order valence-corrected chi connectivity index (χ1v) is 8.50. The van der Waals surface area contributed by atoms with Gasteiger partial charge < -0.3 is 19.0 Å². The van der Waals surface area contributed by atoms with Crippen LogP contribution in [0.25, 0.3) is 22.8 Å². The van der Waals surface area contributed by atoms with Crippen LogP contribution >= 0.6 is 0 Å². The average Bonchev–Trinajstić information content (AvgIpc) is 3.43. The summed E-state index contributed by atoms with van der Waals surface area (Å²) in [6, 6.07) is 18.3. The van der Waals surface area contributed by atoms with Crippen LogP contribution in [0.15, 0.2) is 69.6 Å². The summed E-state index contributed by atoms with van der Waals surface area (Å²) in [6.45, 7) is 0.0728. The van der Waals surface area contributed by atoms with E-state index < -0.39 is 5.91 Å². The molecule has 0 saturated heterocycles. The maximum absolute atomic E-state index is 12.3. The predicted molar refractivity (Wildman–Crippen MR) is 99.4 cm³/mol. The Morgan fingerprint density at radius 2 is 1.86 bits per heavy atom. The molecule has 2 heterocycles. The molecule has 1 amide bonds. The number of amides is 1. The van der Waals surface area contributed by atoms with Crippen molar-refractivity contribution in [3.05, 3.63) is 72.2 Å². The second-order valence-electron chi connectivity index (χ2n) is 5.86. The van der Waals surface area contributed by atoms with Gasteiger partial charge in [0.05, 0.1) is 13.7 Å². The van der Waals surface area contributed by atoms with Crippen molar-refractivity contribution in [3.8, 4) is 28.5 Å². The Kier molecular flexibility index (Phi) is 4.83. The number of ether oxygens (including phenoxy) is 1. The van der Waals surface area contributed by atoms with E-state index in [1.807, 2.05) is 48.5 Å². The van der Waals surface area contributed by atoms with E-state index >= 15 is 0 Å². The van der Waals surface area contributed by atoms with E-state index in [1.54, 1.807) is 19.2 Å². The van der Waals surface area contributed by atoms with Crippen LogP contribution in [0.3, 0.4) is 0 Å². The van der Waals surface area contributed by atoms with Crippen LogP contribution in [0.5, 0.6) is 5.75 Å². The van der Waals surface area contributed by atoms with Crippen molar-refractivity contribution in [2.75, 3.05) is 7.11 Å². The van der Waals surface area contributed by atoms with E-state index in [1.165, 1.54) is 0 Å². The summed E-state index contributed by atoms with van der Waals surface area (Å²) >= 11 is 0. The molecule has 2 aromatic heterocycles. The van der Waals surface area contributed by atoms with Gasteiger partial charge in [0.2, 0.25) is 11.8 Å². The van der Waals surface area contributed by atoms with Crippen molar-refractivity contribution in [2.45, 2.75) is 6.54 Å². The second-order valence-corrected chi connectivity index (χ2v) is 5.86. The number of nitrogens with one attached hydrogen (secondary N) is 1. The minimum Gasteiger partial charge on any atom is -0.497 e. The molecule has 0 radical (unpaired) electrons. The zero-order chi connectivity index (χ0) is 19.3. The van der Waals surface area contributed by atoms with Crippen molar-refractivity contribution in [2.24, 2.45) is 0 Å². The molecule has 8 heteroatoms. The molecular weight excluding hydrogens is 360 g/mol. The maximum atomic E-state index is 12.3. The molecule has 4 rings (SSSR count). The Hall–Kier alpha value is -3.94. The van der Waals surface area contributed by atoms with Crippen LogP contribution in [-0.2, 0) is 6.54 Å². The average molecular weight is 376 g/mol. The molecule has 1 N–H and O–H groups in total. The second kappa shape index (κ2) is 7.75. The van der Waals surface area contributed by atoms with E-state index in [2.05, 4.69) is 20.7 Å². The first kappa shape index (κ1) is 17.5. The predicted octanol–water partition coefficient (Wildman–Crippen LogP) is 3.33. The van der Waals surface area contributed by atoms with Crippen LogP contribution in [0, 0.1) is 0 Å². The number of carbonyl (C=O) groups excluding carboxylic acids is 1. The highest BCUT2D eigenvalue weighted by molar-refractivity contribution is 5.92. The quantitative estimate of drug-likeness (QED) is 0.550. The van der Waals surface area contributed by atoms with Gasteiger partial charge in [-0.1, -0.05) is 41.6 Å². The lowest BCUT2D eigenvalue weighted by Crippen LogP contribution is -2.23. The summed E-state index contributed by atoms with van der Waals surface area (Å²) < 4.78 is 16.0. The Balaban J connectivity index is 1.40. The zero-order valence-electron chi connectivity index (χ0n) is 15.0. The van der Waals surface area contributed by atoms with Crippen molar-refractivity contribution >= 4 is 5.91 Å². The molecule has 8 nitrogen and oxygen atoms in total. The van der Waals surface area contributed by atoms with Gasteiger partial charge in [-0.05, 0) is 18.2 Å². The molecule has 0 spiro atoms. The van der Waals surface area contributed by atoms with E-state index in [4.69, 9.17) is 13.7 Å². The number of methoxy groups -OCH3 is 1. The number of benzene rings is 2.